The van der Waals surface area contributed by atoms with Gasteiger partial charge in [0.15, 0.2) is 0 Å². The van der Waals surface area contributed by atoms with Crippen LogP contribution in [0.5, 0.6) is 0 Å². The highest BCUT2D eigenvalue weighted by molar-refractivity contribution is 5.00. The lowest BCUT2D eigenvalue weighted by Crippen LogP contribution is -2.48. The Bertz CT molecular complexity index is 251. The van der Waals surface area contributed by atoms with Crippen molar-refractivity contribution in [3.05, 3.63) is 0 Å². The van der Waals surface area contributed by atoms with Crippen molar-refractivity contribution in [2.75, 3.05) is 19.6 Å². The predicted octanol–water partition coefficient (Wildman–Crippen LogP) is 2.25. The van der Waals surface area contributed by atoms with Crippen LogP contribution < -0.4 is 5.73 Å². The van der Waals surface area contributed by atoms with E-state index in [1.54, 1.807) is 0 Å². The molecule has 0 spiro atoms. The Labute approximate surface area is 107 Å². The van der Waals surface area contributed by atoms with Gasteiger partial charge in [-0.1, -0.05) is 13.8 Å². The van der Waals surface area contributed by atoms with Crippen molar-refractivity contribution in [3.8, 4) is 0 Å². The largest absolute Gasteiger partial charge is 0.368 e. The quantitative estimate of drug-likeness (QED) is 0.803. The summed E-state index contributed by atoms with van der Waals surface area (Å²) >= 11 is 0. The summed E-state index contributed by atoms with van der Waals surface area (Å²) in [4.78, 5) is 2.53. The molecule has 0 saturated carbocycles. The Morgan fingerprint density at radius 3 is 2.29 bits per heavy atom. The second-order valence-electron chi connectivity index (χ2n) is 6.61. The molecular weight excluding hydrogens is 212 g/mol. The number of likely N-dealkylation sites (N-methyl/N-ethyl adjacent to an activating group) is 1. The van der Waals surface area contributed by atoms with E-state index in [1.165, 1.54) is 0 Å². The summed E-state index contributed by atoms with van der Waals surface area (Å²) in [5.74, 6) is 0.550. The van der Waals surface area contributed by atoms with E-state index in [0.29, 0.717) is 12.0 Å². The maximum absolute atomic E-state index is 6.17. The zero-order valence-corrected chi connectivity index (χ0v) is 12.4. The van der Waals surface area contributed by atoms with E-state index in [-0.39, 0.29) is 11.2 Å². The molecule has 102 valence electrons. The van der Waals surface area contributed by atoms with Crippen molar-refractivity contribution in [2.24, 2.45) is 11.7 Å². The molecule has 0 aromatic carbocycles. The third-order valence-electron chi connectivity index (χ3n) is 3.82. The molecule has 3 nitrogen and oxygen atoms in total. The molecule has 3 heteroatoms. The number of nitrogens with two attached hydrogens (primary N) is 1. The second kappa shape index (κ2) is 5.25. The van der Waals surface area contributed by atoms with E-state index in [2.05, 4.69) is 46.4 Å². The molecule has 2 unspecified atom stereocenters. The highest BCUT2D eigenvalue weighted by Gasteiger charge is 2.47. The third-order valence-corrected chi connectivity index (χ3v) is 3.82. The Kier molecular flexibility index (Phi) is 4.61. The highest BCUT2D eigenvalue weighted by atomic mass is 16.5. The molecule has 2 atom stereocenters. The molecule has 0 aliphatic carbocycles. The van der Waals surface area contributed by atoms with Gasteiger partial charge in [0.2, 0.25) is 0 Å². The molecule has 17 heavy (non-hydrogen) atoms. The van der Waals surface area contributed by atoms with E-state index >= 15 is 0 Å². The predicted molar refractivity (Wildman–Crippen MR) is 73.1 cm³/mol. The fraction of sp³-hybridized carbons (Fsp3) is 1.00. The maximum Gasteiger partial charge on any atom is 0.0789 e. The Morgan fingerprint density at radius 2 is 1.94 bits per heavy atom. The number of ether oxygens (including phenoxy) is 1. The Morgan fingerprint density at radius 1 is 1.35 bits per heavy atom. The molecule has 2 N–H and O–H groups in total. The summed E-state index contributed by atoms with van der Waals surface area (Å²) in [7, 11) is 0. The van der Waals surface area contributed by atoms with Gasteiger partial charge < -0.3 is 10.5 Å². The summed E-state index contributed by atoms with van der Waals surface area (Å²) in [6.07, 6.45) is 1.10. The van der Waals surface area contributed by atoms with Gasteiger partial charge in [0.05, 0.1) is 11.2 Å². The van der Waals surface area contributed by atoms with Gasteiger partial charge in [-0.3, -0.25) is 4.90 Å². The van der Waals surface area contributed by atoms with Crippen LogP contribution in [-0.4, -0.2) is 41.8 Å². The lowest BCUT2D eigenvalue weighted by molar-refractivity contribution is -0.0809. The smallest absolute Gasteiger partial charge is 0.0789 e. The van der Waals surface area contributed by atoms with Crippen LogP contribution in [0.25, 0.3) is 0 Å². The van der Waals surface area contributed by atoms with Gasteiger partial charge in [-0.2, -0.15) is 0 Å². The lowest BCUT2D eigenvalue weighted by atomic mass is 9.92. The highest BCUT2D eigenvalue weighted by Crippen LogP contribution is 2.40. The molecule has 0 aromatic rings. The molecule has 1 heterocycles. The summed E-state index contributed by atoms with van der Waals surface area (Å²) in [6, 6.07) is 0.497. The molecule has 0 aromatic heterocycles. The minimum Gasteiger partial charge on any atom is -0.368 e. The van der Waals surface area contributed by atoms with Crippen molar-refractivity contribution in [2.45, 2.75) is 65.2 Å². The van der Waals surface area contributed by atoms with Gasteiger partial charge in [-0.25, -0.2) is 0 Å². The number of nitrogens with zero attached hydrogens (tertiary/aromatic N) is 1. The van der Waals surface area contributed by atoms with Gasteiger partial charge in [-0.15, -0.1) is 0 Å². The fourth-order valence-corrected chi connectivity index (χ4v) is 3.05. The first-order valence-corrected chi connectivity index (χ1v) is 6.86. The van der Waals surface area contributed by atoms with E-state index < -0.39 is 0 Å². The van der Waals surface area contributed by atoms with Crippen molar-refractivity contribution in [1.82, 2.24) is 4.90 Å². The van der Waals surface area contributed by atoms with E-state index in [4.69, 9.17) is 10.5 Å². The van der Waals surface area contributed by atoms with E-state index in [0.717, 1.165) is 26.1 Å². The lowest BCUT2D eigenvalue weighted by Gasteiger charge is -2.37. The van der Waals surface area contributed by atoms with Crippen LogP contribution in [0, 0.1) is 5.92 Å². The molecule has 1 fully saturated rings. The van der Waals surface area contributed by atoms with Gasteiger partial charge in [0.25, 0.3) is 0 Å². The molecule has 0 amide bonds. The van der Waals surface area contributed by atoms with Crippen LogP contribution in [0.4, 0.5) is 0 Å². The van der Waals surface area contributed by atoms with Crippen LogP contribution >= 0.6 is 0 Å². The first-order valence-electron chi connectivity index (χ1n) is 6.86. The minimum atomic E-state index is -0.0617. The number of rotatable bonds is 5. The first kappa shape index (κ1) is 14.9. The van der Waals surface area contributed by atoms with Crippen LogP contribution in [0.1, 0.15) is 48.0 Å². The zero-order valence-electron chi connectivity index (χ0n) is 12.4. The van der Waals surface area contributed by atoms with Crippen LogP contribution in [0.2, 0.25) is 0 Å². The topological polar surface area (TPSA) is 38.5 Å². The zero-order chi connectivity index (χ0) is 13.3. The Hall–Kier alpha value is -0.120. The van der Waals surface area contributed by atoms with Crippen LogP contribution in [0.15, 0.2) is 0 Å². The average Bonchev–Trinajstić information content (AvgIpc) is 2.42. The van der Waals surface area contributed by atoms with Gasteiger partial charge in [0.1, 0.15) is 0 Å². The van der Waals surface area contributed by atoms with Crippen molar-refractivity contribution >= 4 is 0 Å². The molecular formula is C14H30N2O. The van der Waals surface area contributed by atoms with Gasteiger partial charge in [0, 0.05) is 12.6 Å². The summed E-state index contributed by atoms with van der Waals surface area (Å²) in [5.41, 5.74) is 5.67. The first-order chi connectivity index (χ1) is 7.72. The molecule has 1 aliphatic heterocycles. The number of hydrogen-bond donors (Lipinski definition) is 1. The summed E-state index contributed by atoms with van der Waals surface area (Å²) in [6.45, 7) is 16.1. The third kappa shape index (κ3) is 3.67. The Balaban J connectivity index is 2.75. The SMILES string of the molecule is CCN(CC(C)CN)C1CC(C)(C)OC1(C)C. The van der Waals surface area contributed by atoms with Crippen molar-refractivity contribution < 1.29 is 4.74 Å². The maximum atomic E-state index is 6.17. The van der Waals surface area contributed by atoms with Gasteiger partial charge >= 0.3 is 0 Å². The summed E-state index contributed by atoms with van der Waals surface area (Å²) < 4.78 is 6.17. The molecule has 1 aliphatic rings. The van der Waals surface area contributed by atoms with E-state index in [9.17, 15) is 0 Å². The molecule has 0 bridgehead atoms. The van der Waals surface area contributed by atoms with Crippen LogP contribution in [-0.2, 0) is 4.74 Å². The minimum absolute atomic E-state index is 0.00641. The van der Waals surface area contributed by atoms with Crippen molar-refractivity contribution in [1.29, 1.82) is 0 Å². The monoisotopic (exact) mass is 242 g/mol. The van der Waals surface area contributed by atoms with E-state index in [1.807, 2.05) is 0 Å². The second-order valence-corrected chi connectivity index (χ2v) is 6.61. The standard InChI is InChI=1S/C14H30N2O/c1-7-16(10-11(2)9-15)12-8-13(3,4)17-14(12,5)6/h11-12H,7-10,15H2,1-6H3. The molecule has 1 rings (SSSR count). The average molecular weight is 242 g/mol. The normalized spacial score (nSPS) is 28.6. The van der Waals surface area contributed by atoms with Gasteiger partial charge in [-0.05, 0) is 53.1 Å². The molecule has 0 radical (unpaired) electrons. The number of hydrogen-bond acceptors (Lipinski definition) is 3. The van der Waals surface area contributed by atoms with Crippen LogP contribution in [0.3, 0.4) is 0 Å². The molecule has 1 saturated heterocycles. The van der Waals surface area contributed by atoms with Crippen molar-refractivity contribution in [3.63, 3.8) is 0 Å². The fourth-order valence-electron chi connectivity index (χ4n) is 3.05. The summed E-state index contributed by atoms with van der Waals surface area (Å²) in [5, 5.41) is 0.